The van der Waals surface area contributed by atoms with Crippen molar-refractivity contribution in [1.29, 1.82) is 0 Å². The van der Waals surface area contributed by atoms with Crippen molar-refractivity contribution in [2.75, 3.05) is 19.0 Å². The smallest absolute Gasteiger partial charge is 0.286 e. The lowest BCUT2D eigenvalue weighted by Crippen LogP contribution is -2.29. The highest BCUT2D eigenvalue weighted by atomic mass is 32.1. The molecule has 0 saturated heterocycles. The first-order valence-electron chi connectivity index (χ1n) is 7.79. The van der Waals surface area contributed by atoms with Gasteiger partial charge in [0, 0.05) is 11.7 Å². The van der Waals surface area contributed by atoms with Crippen molar-refractivity contribution < 1.29 is 19.1 Å². The van der Waals surface area contributed by atoms with Gasteiger partial charge in [0.1, 0.15) is 24.0 Å². The summed E-state index contributed by atoms with van der Waals surface area (Å²) < 4.78 is 10.4. The number of amides is 2. The van der Waals surface area contributed by atoms with Crippen LogP contribution in [0.4, 0.5) is 5.69 Å². The van der Waals surface area contributed by atoms with E-state index in [0.29, 0.717) is 22.5 Å². The molecule has 0 bridgehead atoms. The Balaban J connectivity index is 1.46. The molecule has 0 aliphatic heterocycles. The van der Waals surface area contributed by atoms with Crippen LogP contribution in [-0.4, -0.2) is 41.8 Å². The number of benzene rings is 1. The summed E-state index contributed by atoms with van der Waals surface area (Å²) in [6, 6.07) is 7.29. The second-order valence-corrected chi connectivity index (χ2v) is 6.58. The van der Waals surface area contributed by atoms with Crippen LogP contribution in [0.15, 0.2) is 24.3 Å². The zero-order valence-electron chi connectivity index (χ0n) is 13.7. The fraction of sp³-hybridized carbons (Fsp3) is 0.375. The van der Waals surface area contributed by atoms with Crippen LogP contribution in [0.2, 0.25) is 0 Å². The lowest BCUT2D eigenvalue weighted by Gasteiger charge is -2.04. The fourth-order valence-electron chi connectivity index (χ4n) is 1.99. The molecule has 2 N–H and O–H groups in total. The van der Waals surface area contributed by atoms with Crippen molar-refractivity contribution >= 4 is 28.8 Å². The zero-order chi connectivity index (χ0) is 17.6. The zero-order valence-corrected chi connectivity index (χ0v) is 14.5. The van der Waals surface area contributed by atoms with Crippen molar-refractivity contribution in [3.05, 3.63) is 34.3 Å². The van der Waals surface area contributed by atoms with Gasteiger partial charge in [-0.1, -0.05) is 11.3 Å². The molecule has 0 spiro atoms. The van der Waals surface area contributed by atoms with Crippen molar-refractivity contribution in [1.82, 2.24) is 15.5 Å². The Morgan fingerprint density at radius 2 is 2.00 bits per heavy atom. The molecular formula is C16H18N4O4S. The Kier molecular flexibility index (Phi) is 5.56. The third kappa shape index (κ3) is 5.23. The van der Waals surface area contributed by atoms with Crippen LogP contribution in [0.25, 0.3) is 0 Å². The maximum atomic E-state index is 12.2. The van der Waals surface area contributed by atoms with Crippen LogP contribution in [0, 0.1) is 0 Å². The number of carbonyl (C=O) groups excluding carboxylic acids is 2. The van der Waals surface area contributed by atoms with Gasteiger partial charge in [0.25, 0.3) is 5.91 Å². The highest BCUT2D eigenvalue weighted by molar-refractivity contribution is 7.13. The first-order valence-corrected chi connectivity index (χ1v) is 8.60. The quantitative estimate of drug-likeness (QED) is 0.739. The molecule has 0 unspecified atom stereocenters. The van der Waals surface area contributed by atoms with Crippen LogP contribution in [-0.2, 0) is 16.1 Å². The SMILES string of the molecule is COc1ccc(NC(=O)c2nnc(COCC(=O)NC3CC3)s2)cc1. The van der Waals surface area contributed by atoms with Gasteiger partial charge in [-0.05, 0) is 37.1 Å². The number of nitrogens with one attached hydrogen (secondary N) is 2. The summed E-state index contributed by atoms with van der Waals surface area (Å²) >= 11 is 1.13. The van der Waals surface area contributed by atoms with Crippen molar-refractivity contribution in [2.45, 2.75) is 25.5 Å². The van der Waals surface area contributed by atoms with E-state index in [2.05, 4.69) is 20.8 Å². The molecule has 1 fully saturated rings. The van der Waals surface area contributed by atoms with E-state index in [1.54, 1.807) is 31.4 Å². The summed E-state index contributed by atoms with van der Waals surface area (Å²) in [4.78, 5) is 23.7. The molecule has 2 aromatic rings. The van der Waals surface area contributed by atoms with Gasteiger partial charge >= 0.3 is 0 Å². The minimum Gasteiger partial charge on any atom is -0.497 e. The Morgan fingerprint density at radius 3 is 2.68 bits per heavy atom. The second kappa shape index (κ2) is 8.04. The summed E-state index contributed by atoms with van der Waals surface area (Å²) in [5, 5.41) is 14.1. The maximum absolute atomic E-state index is 12.2. The third-order valence-corrected chi connectivity index (χ3v) is 4.31. The molecule has 1 aliphatic carbocycles. The number of hydrogen-bond acceptors (Lipinski definition) is 7. The highest BCUT2D eigenvalue weighted by Gasteiger charge is 2.23. The Morgan fingerprint density at radius 1 is 1.24 bits per heavy atom. The summed E-state index contributed by atoms with van der Waals surface area (Å²) in [5.41, 5.74) is 0.635. The number of aromatic nitrogens is 2. The van der Waals surface area contributed by atoms with Gasteiger partial charge in [0.2, 0.25) is 10.9 Å². The first kappa shape index (κ1) is 17.3. The monoisotopic (exact) mass is 362 g/mol. The Bertz CT molecular complexity index is 743. The number of ether oxygens (including phenoxy) is 2. The molecule has 9 heteroatoms. The van der Waals surface area contributed by atoms with Crippen LogP contribution < -0.4 is 15.4 Å². The van der Waals surface area contributed by atoms with Crippen molar-refractivity contribution in [3.63, 3.8) is 0 Å². The fourth-order valence-corrected chi connectivity index (χ4v) is 2.66. The summed E-state index contributed by atoms with van der Waals surface area (Å²) in [5.74, 6) is 0.226. The summed E-state index contributed by atoms with van der Waals surface area (Å²) in [6.45, 7) is 0.120. The number of carbonyl (C=O) groups is 2. The van der Waals surface area contributed by atoms with Gasteiger partial charge in [-0.25, -0.2) is 0 Å². The maximum Gasteiger partial charge on any atom is 0.286 e. The van der Waals surface area contributed by atoms with Crippen molar-refractivity contribution in [3.8, 4) is 5.75 Å². The van der Waals surface area contributed by atoms with Gasteiger partial charge < -0.3 is 20.1 Å². The normalized spacial score (nSPS) is 13.3. The predicted molar refractivity (Wildman–Crippen MR) is 91.7 cm³/mol. The van der Waals surface area contributed by atoms with E-state index in [0.717, 1.165) is 24.2 Å². The lowest BCUT2D eigenvalue weighted by molar-refractivity contribution is -0.126. The number of rotatable bonds is 8. The van der Waals surface area contributed by atoms with E-state index in [9.17, 15) is 9.59 Å². The second-order valence-electron chi connectivity index (χ2n) is 5.52. The summed E-state index contributed by atoms with van der Waals surface area (Å²) in [6.07, 6.45) is 2.07. The van der Waals surface area contributed by atoms with E-state index in [4.69, 9.17) is 9.47 Å². The molecule has 1 aliphatic rings. The van der Waals surface area contributed by atoms with Crippen LogP contribution >= 0.6 is 11.3 Å². The largest absolute Gasteiger partial charge is 0.497 e. The number of nitrogens with zero attached hydrogens (tertiary/aromatic N) is 2. The van der Waals surface area contributed by atoms with Crippen molar-refractivity contribution in [2.24, 2.45) is 0 Å². The molecule has 1 saturated carbocycles. The number of methoxy groups -OCH3 is 1. The van der Waals surface area contributed by atoms with Gasteiger partial charge in [0.05, 0.1) is 7.11 Å². The molecule has 0 atom stereocenters. The molecule has 8 nitrogen and oxygen atoms in total. The van der Waals surface area contributed by atoms with E-state index >= 15 is 0 Å². The molecule has 132 valence electrons. The first-order chi connectivity index (χ1) is 12.1. The molecule has 1 heterocycles. The Labute approximate surface area is 148 Å². The van der Waals surface area contributed by atoms with Gasteiger partial charge in [-0.15, -0.1) is 10.2 Å². The average Bonchev–Trinajstić information content (AvgIpc) is 3.29. The average molecular weight is 362 g/mol. The molecule has 1 aromatic carbocycles. The van der Waals surface area contributed by atoms with E-state index in [1.165, 1.54) is 0 Å². The molecule has 3 rings (SSSR count). The molecular weight excluding hydrogens is 344 g/mol. The van der Waals surface area contributed by atoms with E-state index < -0.39 is 0 Å². The summed E-state index contributed by atoms with van der Waals surface area (Å²) in [7, 11) is 1.58. The third-order valence-electron chi connectivity index (χ3n) is 3.41. The Hall–Kier alpha value is -2.52. The topological polar surface area (TPSA) is 102 Å². The van der Waals surface area contributed by atoms with Crippen LogP contribution in [0.5, 0.6) is 5.75 Å². The number of hydrogen-bond donors (Lipinski definition) is 2. The van der Waals surface area contributed by atoms with Crippen LogP contribution in [0.3, 0.4) is 0 Å². The molecule has 25 heavy (non-hydrogen) atoms. The van der Waals surface area contributed by atoms with Gasteiger partial charge in [0.15, 0.2) is 0 Å². The van der Waals surface area contributed by atoms with Gasteiger partial charge in [-0.2, -0.15) is 0 Å². The van der Waals surface area contributed by atoms with Gasteiger partial charge in [-0.3, -0.25) is 9.59 Å². The minimum atomic E-state index is -0.347. The molecule has 2 amide bonds. The standard InChI is InChI=1S/C16H18N4O4S/c1-23-12-6-4-11(5-7-12)18-15(22)16-20-19-14(25-16)9-24-8-13(21)17-10-2-3-10/h4-7,10H,2-3,8-9H2,1H3,(H,17,21)(H,18,22). The predicted octanol–water partition coefficient (Wildman–Crippen LogP) is 1.59. The lowest BCUT2D eigenvalue weighted by atomic mass is 10.3. The van der Waals surface area contributed by atoms with Crippen LogP contribution in [0.1, 0.15) is 27.7 Å². The minimum absolute atomic E-state index is 0.0243. The van der Waals surface area contributed by atoms with E-state index in [-0.39, 0.29) is 30.0 Å². The highest BCUT2D eigenvalue weighted by Crippen LogP contribution is 2.19. The van der Waals surface area contributed by atoms with E-state index in [1.807, 2.05) is 0 Å². The number of anilines is 1. The molecule has 1 aromatic heterocycles. The molecule has 0 radical (unpaired) electrons.